The number of aryl methyl sites for hydroxylation is 1. The van der Waals surface area contributed by atoms with Gasteiger partial charge in [0.15, 0.2) is 0 Å². The third kappa shape index (κ3) is 3.07. The smallest absolute Gasteiger partial charge is 0.335 e. The molecule has 1 saturated carbocycles. The van der Waals surface area contributed by atoms with Crippen molar-refractivity contribution < 1.29 is 9.90 Å². The molecule has 3 heteroatoms. The van der Waals surface area contributed by atoms with Gasteiger partial charge in [0, 0.05) is 12.6 Å². The molecule has 0 spiro atoms. The summed E-state index contributed by atoms with van der Waals surface area (Å²) in [5, 5.41) is 12.4. The van der Waals surface area contributed by atoms with E-state index in [2.05, 4.69) is 5.32 Å². The number of aromatic carboxylic acids is 1. The summed E-state index contributed by atoms with van der Waals surface area (Å²) < 4.78 is 0. The van der Waals surface area contributed by atoms with Crippen molar-refractivity contribution in [2.45, 2.75) is 45.2 Å². The quantitative estimate of drug-likeness (QED) is 0.840. The average molecular weight is 233 g/mol. The van der Waals surface area contributed by atoms with Crippen molar-refractivity contribution in [3.63, 3.8) is 0 Å². The minimum atomic E-state index is -0.858. The topological polar surface area (TPSA) is 49.3 Å². The minimum absolute atomic E-state index is 0.368. The molecule has 0 aliphatic heterocycles. The number of carboxylic acids is 1. The van der Waals surface area contributed by atoms with Crippen LogP contribution in [0.2, 0.25) is 0 Å². The predicted octanol–water partition coefficient (Wildman–Crippen LogP) is 2.73. The van der Waals surface area contributed by atoms with Gasteiger partial charge in [-0.05, 0) is 43.0 Å². The van der Waals surface area contributed by atoms with Crippen LogP contribution < -0.4 is 5.32 Å². The van der Waals surface area contributed by atoms with Gasteiger partial charge in [0.25, 0.3) is 0 Å². The maximum Gasteiger partial charge on any atom is 0.335 e. The molecule has 3 nitrogen and oxygen atoms in total. The van der Waals surface area contributed by atoms with Crippen molar-refractivity contribution in [1.82, 2.24) is 5.32 Å². The molecule has 1 aromatic rings. The van der Waals surface area contributed by atoms with Gasteiger partial charge >= 0.3 is 5.97 Å². The van der Waals surface area contributed by atoms with E-state index in [9.17, 15) is 4.79 Å². The summed E-state index contributed by atoms with van der Waals surface area (Å²) in [6, 6.07) is 5.99. The monoisotopic (exact) mass is 233 g/mol. The highest BCUT2D eigenvalue weighted by atomic mass is 16.4. The Morgan fingerprint density at radius 1 is 1.41 bits per heavy atom. The molecule has 0 atom stereocenters. The van der Waals surface area contributed by atoms with Crippen LogP contribution in [0, 0.1) is 6.92 Å². The average Bonchev–Trinajstić information content (AvgIpc) is 2.80. The second-order valence-electron chi connectivity index (χ2n) is 4.81. The predicted molar refractivity (Wildman–Crippen MR) is 67.2 cm³/mol. The number of hydrogen-bond donors (Lipinski definition) is 2. The summed E-state index contributed by atoms with van der Waals surface area (Å²) in [5.74, 6) is -0.858. The second kappa shape index (κ2) is 5.32. The molecule has 0 bridgehead atoms. The van der Waals surface area contributed by atoms with E-state index < -0.39 is 5.97 Å². The first-order valence-electron chi connectivity index (χ1n) is 6.23. The Bertz CT molecular complexity index is 409. The van der Waals surface area contributed by atoms with Gasteiger partial charge in [0.2, 0.25) is 0 Å². The molecule has 0 amide bonds. The molecule has 17 heavy (non-hydrogen) atoms. The third-order valence-electron chi connectivity index (χ3n) is 3.53. The van der Waals surface area contributed by atoms with Crippen molar-refractivity contribution in [2.24, 2.45) is 0 Å². The van der Waals surface area contributed by atoms with E-state index in [-0.39, 0.29) is 0 Å². The van der Waals surface area contributed by atoms with Crippen molar-refractivity contribution in [3.05, 3.63) is 34.9 Å². The summed E-state index contributed by atoms with van der Waals surface area (Å²) in [5.41, 5.74) is 2.62. The van der Waals surface area contributed by atoms with E-state index in [1.54, 1.807) is 12.1 Å². The number of benzene rings is 1. The number of carbonyl (C=O) groups is 1. The van der Waals surface area contributed by atoms with Crippen LogP contribution in [0.4, 0.5) is 0 Å². The summed E-state index contributed by atoms with van der Waals surface area (Å²) >= 11 is 0. The Labute approximate surface area is 102 Å². The Balaban J connectivity index is 1.98. The zero-order valence-corrected chi connectivity index (χ0v) is 10.2. The lowest BCUT2D eigenvalue weighted by Gasteiger charge is -2.13. The molecular formula is C14H19NO2. The summed E-state index contributed by atoms with van der Waals surface area (Å²) in [6.45, 7) is 2.81. The molecular weight excluding hydrogens is 214 g/mol. The first kappa shape index (κ1) is 12.1. The van der Waals surface area contributed by atoms with Gasteiger partial charge in [0.05, 0.1) is 5.56 Å². The SMILES string of the molecule is Cc1cc(C(=O)O)ccc1CNC1CCCC1. The normalized spacial score (nSPS) is 16.3. The van der Waals surface area contributed by atoms with Gasteiger partial charge in [-0.25, -0.2) is 4.79 Å². The Morgan fingerprint density at radius 3 is 2.71 bits per heavy atom. The van der Waals surface area contributed by atoms with Crippen LogP contribution in [-0.2, 0) is 6.54 Å². The lowest BCUT2D eigenvalue weighted by molar-refractivity contribution is 0.0697. The lowest BCUT2D eigenvalue weighted by atomic mass is 10.0. The van der Waals surface area contributed by atoms with E-state index in [0.717, 1.165) is 12.1 Å². The van der Waals surface area contributed by atoms with Gasteiger partial charge in [-0.2, -0.15) is 0 Å². The van der Waals surface area contributed by atoms with Crippen LogP contribution in [0.5, 0.6) is 0 Å². The highest BCUT2D eigenvalue weighted by molar-refractivity contribution is 5.87. The molecule has 1 aliphatic carbocycles. The summed E-state index contributed by atoms with van der Waals surface area (Å²) in [7, 11) is 0. The number of rotatable bonds is 4. The fourth-order valence-electron chi connectivity index (χ4n) is 2.41. The van der Waals surface area contributed by atoms with Crippen LogP contribution in [0.3, 0.4) is 0 Å². The zero-order valence-electron chi connectivity index (χ0n) is 10.2. The molecule has 0 aromatic heterocycles. The fraction of sp³-hybridized carbons (Fsp3) is 0.500. The maximum atomic E-state index is 10.8. The molecule has 1 aromatic carbocycles. The van der Waals surface area contributed by atoms with Crippen LogP contribution in [-0.4, -0.2) is 17.1 Å². The molecule has 0 radical (unpaired) electrons. The largest absolute Gasteiger partial charge is 0.478 e. The van der Waals surface area contributed by atoms with Gasteiger partial charge < -0.3 is 10.4 Å². The minimum Gasteiger partial charge on any atom is -0.478 e. The standard InChI is InChI=1S/C14H19NO2/c1-10-8-11(14(16)17)6-7-12(10)9-15-13-4-2-3-5-13/h6-8,13,15H,2-5,9H2,1H3,(H,16,17). The van der Waals surface area contributed by atoms with E-state index in [1.807, 2.05) is 13.0 Å². The molecule has 1 aliphatic rings. The van der Waals surface area contributed by atoms with E-state index in [4.69, 9.17) is 5.11 Å². The Kier molecular flexibility index (Phi) is 3.79. The molecule has 92 valence electrons. The highest BCUT2D eigenvalue weighted by Gasteiger charge is 2.14. The summed E-state index contributed by atoms with van der Waals surface area (Å²) in [4.78, 5) is 10.8. The second-order valence-corrected chi connectivity index (χ2v) is 4.81. The fourth-order valence-corrected chi connectivity index (χ4v) is 2.41. The number of carboxylic acid groups (broad SMARTS) is 1. The third-order valence-corrected chi connectivity index (χ3v) is 3.53. The van der Waals surface area contributed by atoms with Crippen molar-refractivity contribution in [1.29, 1.82) is 0 Å². The lowest BCUT2D eigenvalue weighted by Crippen LogP contribution is -2.25. The van der Waals surface area contributed by atoms with E-state index >= 15 is 0 Å². The van der Waals surface area contributed by atoms with Gasteiger partial charge in [-0.15, -0.1) is 0 Å². The van der Waals surface area contributed by atoms with E-state index in [1.165, 1.54) is 31.2 Å². The molecule has 1 fully saturated rings. The van der Waals surface area contributed by atoms with Gasteiger partial charge in [-0.1, -0.05) is 18.9 Å². The van der Waals surface area contributed by atoms with Crippen LogP contribution in [0.25, 0.3) is 0 Å². The van der Waals surface area contributed by atoms with E-state index in [0.29, 0.717) is 11.6 Å². The van der Waals surface area contributed by atoms with Crippen LogP contribution in [0.1, 0.15) is 47.2 Å². The highest BCUT2D eigenvalue weighted by Crippen LogP contribution is 2.19. The first-order chi connectivity index (χ1) is 8.16. The number of hydrogen-bond acceptors (Lipinski definition) is 2. The van der Waals surface area contributed by atoms with Gasteiger partial charge in [0.1, 0.15) is 0 Å². The Morgan fingerprint density at radius 2 is 2.12 bits per heavy atom. The van der Waals surface area contributed by atoms with Crippen LogP contribution in [0.15, 0.2) is 18.2 Å². The first-order valence-corrected chi connectivity index (χ1v) is 6.23. The van der Waals surface area contributed by atoms with Gasteiger partial charge in [-0.3, -0.25) is 0 Å². The number of nitrogens with one attached hydrogen (secondary N) is 1. The molecule has 0 saturated heterocycles. The maximum absolute atomic E-state index is 10.8. The molecule has 0 unspecified atom stereocenters. The molecule has 0 heterocycles. The molecule has 2 N–H and O–H groups in total. The molecule has 2 rings (SSSR count). The van der Waals surface area contributed by atoms with Crippen molar-refractivity contribution >= 4 is 5.97 Å². The van der Waals surface area contributed by atoms with Crippen LogP contribution >= 0.6 is 0 Å². The van der Waals surface area contributed by atoms with Crippen molar-refractivity contribution in [3.8, 4) is 0 Å². The summed E-state index contributed by atoms with van der Waals surface area (Å²) in [6.07, 6.45) is 5.20. The Hall–Kier alpha value is -1.35. The van der Waals surface area contributed by atoms with Crippen molar-refractivity contribution in [2.75, 3.05) is 0 Å². The zero-order chi connectivity index (χ0) is 12.3.